The minimum Gasteiger partial charge on any atom is -0.395 e. The number of nitrogens with zero attached hydrogens (tertiary/aromatic N) is 1. The molecule has 2 nitrogen and oxygen atoms in total. The van der Waals surface area contributed by atoms with Crippen molar-refractivity contribution in [3.05, 3.63) is 51.2 Å². The van der Waals surface area contributed by atoms with Crippen molar-refractivity contribution in [1.82, 2.24) is 0 Å². The molecule has 0 saturated carbocycles. The summed E-state index contributed by atoms with van der Waals surface area (Å²) in [5.41, 5.74) is 3.82. The van der Waals surface area contributed by atoms with Crippen LogP contribution >= 0.6 is 11.3 Å². The predicted molar refractivity (Wildman–Crippen MR) is 90.9 cm³/mol. The van der Waals surface area contributed by atoms with Crippen LogP contribution < -0.4 is 4.90 Å². The summed E-state index contributed by atoms with van der Waals surface area (Å²) in [6, 6.07) is 10.8. The first-order valence-corrected chi connectivity index (χ1v) is 7.88. The molecule has 3 heteroatoms. The lowest BCUT2D eigenvalue weighted by molar-refractivity contribution is 0.305. The predicted octanol–water partition coefficient (Wildman–Crippen LogP) is 3.74. The number of hydrogen-bond donors (Lipinski definition) is 1. The quantitative estimate of drug-likeness (QED) is 0.870. The van der Waals surface area contributed by atoms with Gasteiger partial charge in [0.2, 0.25) is 0 Å². The van der Waals surface area contributed by atoms with Crippen LogP contribution in [0.15, 0.2) is 30.3 Å². The molecule has 0 fully saturated rings. The molecule has 21 heavy (non-hydrogen) atoms. The Morgan fingerprint density at radius 1 is 1.14 bits per heavy atom. The molecule has 0 aliphatic rings. The van der Waals surface area contributed by atoms with E-state index in [0.717, 1.165) is 11.4 Å². The summed E-state index contributed by atoms with van der Waals surface area (Å²) in [5, 5.41) is 8.73. The fourth-order valence-corrected chi connectivity index (χ4v) is 3.17. The van der Waals surface area contributed by atoms with E-state index in [1.165, 1.54) is 21.7 Å². The Hall–Kier alpha value is -1.76. The molecule has 0 radical (unpaired) electrons. The van der Waals surface area contributed by atoms with Gasteiger partial charge in [0.15, 0.2) is 0 Å². The highest BCUT2D eigenvalue weighted by atomic mass is 32.1. The van der Waals surface area contributed by atoms with E-state index in [0.29, 0.717) is 6.42 Å². The van der Waals surface area contributed by atoms with Gasteiger partial charge in [0, 0.05) is 24.0 Å². The second kappa shape index (κ2) is 7.31. The van der Waals surface area contributed by atoms with E-state index >= 15 is 0 Å². The van der Waals surface area contributed by atoms with Crippen LogP contribution in [-0.4, -0.2) is 18.8 Å². The van der Waals surface area contributed by atoms with Gasteiger partial charge < -0.3 is 10.0 Å². The zero-order valence-corrected chi connectivity index (χ0v) is 13.6. The van der Waals surface area contributed by atoms with Crippen LogP contribution in [0.4, 0.5) is 5.69 Å². The highest BCUT2D eigenvalue weighted by molar-refractivity contribution is 7.12. The summed E-state index contributed by atoms with van der Waals surface area (Å²) < 4.78 is 0. The zero-order chi connectivity index (χ0) is 15.2. The molecule has 0 unspecified atom stereocenters. The molecule has 2 aromatic rings. The van der Waals surface area contributed by atoms with E-state index in [-0.39, 0.29) is 6.61 Å². The Morgan fingerprint density at radius 2 is 1.86 bits per heavy atom. The van der Waals surface area contributed by atoms with Crippen molar-refractivity contribution in [2.75, 3.05) is 18.6 Å². The summed E-state index contributed by atoms with van der Waals surface area (Å²) in [6.07, 6.45) is 0.537. The Bertz CT molecular complexity index is 643. The number of thiophene rings is 1. The third-order valence-corrected chi connectivity index (χ3v) is 4.14. The Morgan fingerprint density at radius 3 is 2.52 bits per heavy atom. The Labute approximate surface area is 131 Å². The van der Waals surface area contributed by atoms with Gasteiger partial charge in [-0.25, -0.2) is 0 Å². The molecular formula is C18H21NOS. The highest BCUT2D eigenvalue weighted by Gasteiger charge is 2.05. The summed E-state index contributed by atoms with van der Waals surface area (Å²) in [6.45, 7) is 5.27. The van der Waals surface area contributed by atoms with Gasteiger partial charge in [0.1, 0.15) is 0 Å². The molecule has 1 aromatic carbocycles. The van der Waals surface area contributed by atoms with Crippen LogP contribution in [0.3, 0.4) is 0 Å². The first-order chi connectivity index (χ1) is 10.1. The number of hydrogen-bond acceptors (Lipinski definition) is 3. The van der Waals surface area contributed by atoms with Crippen molar-refractivity contribution in [2.24, 2.45) is 0 Å². The summed E-state index contributed by atoms with van der Waals surface area (Å²) >= 11 is 1.72. The second-order valence-corrected chi connectivity index (χ2v) is 6.41. The van der Waals surface area contributed by atoms with E-state index in [1.807, 2.05) is 0 Å². The summed E-state index contributed by atoms with van der Waals surface area (Å²) in [5.74, 6) is 6.05. The largest absolute Gasteiger partial charge is 0.395 e. The van der Waals surface area contributed by atoms with Crippen molar-refractivity contribution < 1.29 is 5.11 Å². The van der Waals surface area contributed by atoms with Gasteiger partial charge in [-0.3, -0.25) is 0 Å². The molecule has 0 amide bonds. The maximum atomic E-state index is 8.73. The van der Waals surface area contributed by atoms with Gasteiger partial charge in [-0.05, 0) is 49.2 Å². The van der Waals surface area contributed by atoms with Gasteiger partial charge in [-0.2, -0.15) is 0 Å². The van der Waals surface area contributed by atoms with Gasteiger partial charge in [-0.1, -0.05) is 17.9 Å². The maximum Gasteiger partial charge on any atom is 0.0772 e. The Kier molecular flexibility index (Phi) is 5.44. The van der Waals surface area contributed by atoms with Crippen LogP contribution in [0, 0.1) is 25.7 Å². The number of benzene rings is 1. The lowest BCUT2D eigenvalue weighted by Crippen LogP contribution is -2.15. The van der Waals surface area contributed by atoms with Gasteiger partial charge in [-0.15, -0.1) is 11.3 Å². The fraction of sp³-hybridized carbons (Fsp3) is 0.333. The third-order valence-electron chi connectivity index (χ3n) is 3.15. The number of aliphatic hydroxyl groups is 1. The number of aliphatic hydroxyl groups excluding tert-OH is 1. The molecule has 1 heterocycles. The minimum absolute atomic E-state index is 0.126. The second-order valence-electron chi connectivity index (χ2n) is 5.24. The van der Waals surface area contributed by atoms with Crippen molar-refractivity contribution in [2.45, 2.75) is 26.8 Å². The van der Waals surface area contributed by atoms with Crippen LogP contribution in [0.1, 0.15) is 27.3 Å². The van der Waals surface area contributed by atoms with Crippen LogP contribution in [0.2, 0.25) is 0 Å². The lowest BCUT2D eigenvalue weighted by atomic mass is 10.1. The standard InChI is InChI=1S/C18H21NOS/c1-14-10-15(2)12-16(11-14)19(3)13-18-8-7-17(21-18)6-4-5-9-20/h7-8,10-12,20H,5,9,13H2,1-3H3. The molecular weight excluding hydrogens is 278 g/mol. The van der Waals surface area contributed by atoms with Crippen molar-refractivity contribution in [1.29, 1.82) is 0 Å². The average molecular weight is 299 g/mol. The molecule has 1 aromatic heterocycles. The first kappa shape index (κ1) is 15.6. The molecule has 0 saturated heterocycles. The molecule has 1 N–H and O–H groups in total. The molecule has 0 atom stereocenters. The smallest absolute Gasteiger partial charge is 0.0772 e. The summed E-state index contributed by atoms with van der Waals surface area (Å²) in [4.78, 5) is 4.62. The van der Waals surface area contributed by atoms with E-state index in [1.54, 1.807) is 11.3 Å². The molecule has 110 valence electrons. The monoisotopic (exact) mass is 299 g/mol. The average Bonchev–Trinajstić information content (AvgIpc) is 2.85. The van der Waals surface area contributed by atoms with Crippen molar-refractivity contribution in [3.8, 4) is 11.8 Å². The van der Waals surface area contributed by atoms with Crippen LogP contribution in [0.5, 0.6) is 0 Å². The molecule has 2 rings (SSSR count). The Balaban J connectivity index is 2.06. The lowest BCUT2D eigenvalue weighted by Gasteiger charge is -2.19. The molecule has 0 bridgehead atoms. The molecule has 0 spiro atoms. The number of rotatable bonds is 4. The van der Waals surface area contributed by atoms with E-state index in [2.05, 4.69) is 68.0 Å². The topological polar surface area (TPSA) is 23.5 Å². The fourth-order valence-electron chi connectivity index (χ4n) is 2.23. The maximum absolute atomic E-state index is 8.73. The van der Waals surface area contributed by atoms with E-state index in [4.69, 9.17) is 5.11 Å². The van der Waals surface area contributed by atoms with E-state index < -0.39 is 0 Å². The van der Waals surface area contributed by atoms with Crippen LogP contribution in [0.25, 0.3) is 0 Å². The first-order valence-electron chi connectivity index (χ1n) is 7.06. The van der Waals surface area contributed by atoms with Crippen molar-refractivity contribution in [3.63, 3.8) is 0 Å². The van der Waals surface area contributed by atoms with Gasteiger partial charge in [0.25, 0.3) is 0 Å². The van der Waals surface area contributed by atoms with Crippen molar-refractivity contribution >= 4 is 17.0 Å². The SMILES string of the molecule is Cc1cc(C)cc(N(C)Cc2ccc(C#CCCO)s2)c1. The number of aryl methyl sites for hydroxylation is 2. The normalized spacial score (nSPS) is 10.1. The van der Waals surface area contributed by atoms with E-state index in [9.17, 15) is 0 Å². The summed E-state index contributed by atoms with van der Waals surface area (Å²) in [7, 11) is 2.12. The number of anilines is 1. The van der Waals surface area contributed by atoms with Crippen LogP contribution in [-0.2, 0) is 6.54 Å². The van der Waals surface area contributed by atoms with Gasteiger partial charge in [0.05, 0.1) is 18.0 Å². The van der Waals surface area contributed by atoms with Gasteiger partial charge >= 0.3 is 0 Å². The minimum atomic E-state index is 0.126. The third kappa shape index (κ3) is 4.63. The highest BCUT2D eigenvalue weighted by Crippen LogP contribution is 2.22. The zero-order valence-electron chi connectivity index (χ0n) is 12.8. The molecule has 0 aliphatic carbocycles. The molecule has 0 aliphatic heterocycles.